The lowest BCUT2D eigenvalue weighted by Crippen LogP contribution is -2.25. The molecule has 35 heavy (non-hydrogen) atoms. The van der Waals surface area contributed by atoms with Crippen LogP contribution in [0.5, 0.6) is 11.5 Å². The van der Waals surface area contributed by atoms with Crippen molar-refractivity contribution in [1.29, 1.82) is 0 Å². The Labute approximate surface area is 201 Å². The van der Waals surface area contributed by atoms with Gasteiger partial charge in [-0.1, -0.05) is 54.6 Å². The van der Waals surface area contributed by atoms with Crippen molar-refractivity contribution in [1.82, 2.24) is 19.9 Å². The molecule has 3 heterocycles. The zero-order valence-electron chi connectivity index (χ0n) is 18.9. The molecular formula is C27H23N5O3. The van der Waals surface area contributed by atoms with Crippen molar-refractivity contribution in [2.24, 2.45) is 0 Å². The molecule has 0 saturated heterocycles. The highest BCUT2D eigenvalue weighted by Crippen LogP contribution is 2.33. The number of amides is 1. The molecule has 6 rings (SSSR count). The Balaban J connectivity index is 1.32. The summed E-state index contributed by atoms with van der Waals surface area (Å²) in [7, 11) is 0. The van der Waals surface area contributed by atoms with E-state index in [1.165, 1.54) is 5.56 Å². The SMILES string of the molecule is Nc1nc(C(=O)NCc2ccc3c(c2)OCO3)nc2c1c1ccccc1n2CCc1ccccc1. The minimum absolute atomic E-state index is 0.0412. The van der Waals surface area contributed by atoms with E-state index >= 15 is 0 Å². The zero-order valence-corrected chi connectivity index (χ0v) is 18.9. The Morgan fingerprint density at radius 1 is 0.943 bits per heavy atom. The molecule has 8 heteroatoms. The van der Waals surface area contributed by atoms with Crippen LogP contribution >= 0.6 is 0 Å². The molecule has 5 aromatic rings. The van der Waals surface area contributed by atoms with E-state index in [1.54, 1.807) is 0 Å². The molecule has 0 atom stereocenters. The average molecular weight is 466 g/mol. The molecule has 1 aliphatic heterocycles. The zero-order chi connectivity index (χ0) is 23.8. The van der Waals surface area contributed by atoms with Gasteiger partial charge in [-0.2, -0.15) is 0 Å². The van der Waals surface area contributed by atoms with Crippen LogP contribution in [0.4, 0.5) is 5.82 Å². The topological polar surface area (TPSA) is 104 Å². The molecule has 0 fully saturated rings. The van der Waals surface area contributed by atoms with Gasteiger partial charge in [-0.05, 0) is 35.7 Å². The van der Waals surface area contributed by atoms with E-state index in [2.05, 4.69) is 32.0 Å². The maximum absolute atomic E-state index is 13.0. The van der Waals surface area contributed by atoms with Crippen LogP contribution in [0.2, 0.25) is 0 Å². The number of aryl methyl sites for hydroxylation is 2. The number of nitrogens with zero attached hydrogens (tertiary/aromatic N) is 3. The van der Waals surface area contributed by atoms with Crippen molar-refractivity contribution in [2.45, 2.75) is 19.5 Å². The Morgan fingerprint density at radius 3 is 2.63 bits per heavy atom. The number of aromatic nitrogens is 3. The summed E-state index contributed by atoms with van der Waals surface area (Å²) in [5.74, 6) is 1.31. The summed E-state index contributed by atoms with van der Waals surface area (Å²) in [5.41, 5.74) is 10.1. The number of hydrogen-bond acceptors (Lipinski definition) is 6. The number of carbonyl (C=O) groups excluding carboxylic acids is 1. The predicted octanol–water partition coefficient (Wildman–Crippen LogP) is 4.07. The maximum atomic E-state index is 13.0. The van der Waals surface area contributed by atoms with Crippen LogP contribution in [-0.2, 0) is 19.5 Å². The molecule has 0 unspecified atom stereocenters. The van der Waals surface area contributed by atoms with Crippen LogP contribution < -0.4 is 20.5 Å². The lowest BCUT2D eigenvalue weighted by atomic mass is 10.1. The fourth-order valence-electron chi connectivity index (χ4n) is 4.48. The van der Waals surface area contributed by atoms with Gasteiger partial charge in [0, 0.05) is 18.5 Å². The second kappa shape index (κ2) is 8.64. The lowest BCUT2D eigenvalue weighted by molar-refractivity contribution is 0.0941. The number of para-hydroxylation sites is 1. The average Bonchev–Trinajstić information content (AvgIpc) is 3.48. The Bertz CT molecular complexity index is 1560. The Kier molecular flexibility index (Phi) is 5.18. The fraction of sp³-hybridized carbons (Fsp3) is 0.148. The maximum Gasteiger partial charge on any atom is 0.289 e. The van der Waals surface area contributed by atoms with Crippen LogP contribution in [-0.4, -0.2) is 27.2 Å². The highest BCUT2D eigenvalue weighted by molar-refractivity contribution is 6.12. The third-order valence-electron chi connectivity index (χ3n) is 6.20. The second-order valence-corrected chi connectivity index (χ2v) is 8.41. The smallest absolute Gasteiger partial charge is 0.289 e. The van der Waals surface area contributed by atoms with E-state index in [4.69, 9.17) is 15.2 Å². The van der Waals surface area contributed by atoms with Gasteiger partial charge in [-0.3, -0.25) is 4.79 Å². The first kappa shape index (κ1) is 21.0. The largest absolute Gasteiger partial charge is 0.454 e. The van der Waals surface area contributed by atoms with Gasteiger partial charge in [0.2, 0.25) is 12.6 Å². The van der Waals surface area contributed by atoms with Crippen molar-refractivity contribution >= 4 is 33.7 Å². The van der Waals surface area contributed by atoms with Crippen LogP contribution in [0.15, 0.2) is 72.8 Å². The molecule has 1 amide bonds. The molecule has 0 spiro atoms. The Hall–Kier alpha value is -4.59. The molecule has 0 radical (unpaired) electrons. The number of nitrogen functional groups attached to an aromatic ring is 1. The lowest BCUT2D eigenvalue weighted by Gasteiger charge is -2.09. The minimum atomic E-state index is -0.392. The fourth-order valence-corrected chi connectivity index (χ4v) is 4.48. The minimum Gasteiger partial charge on any atom is -0.454 e. The van der Waals surface area contributed by atoms with Crippen molar-refractivity contribution in [2.75, 3.05) is 12.5 Å². The molecule has 1 aliphatic rings. The molecule has 3 aromatic carbocycles. The summed E-state index contributed by atoms with van der Waals surface area (Å²) in [5, 5.41) is 4.62. The van der Waals surface area contributed by atoms with Crippen LogP contribution in [0, 0.1) is 0 Å². The van der Waals surface area contributed by atoms with Gasteiger partial charge in [0.05, 0.1) is 10.9 Å². The van der Waals surface area contributed by atoms with Gasteiger partial charge in [-0.25, -0.2) is 9.97 Å². The van der Waals surface area contributed by atoms with Gasteiger partial charge >= 0.3 is 0 Å². The van der Waals surface area contributed by atoms with Crippen LogP contribution in [0.25, 0.3) is 21.9 Å². The van der Waals surface area contributed by atoms with Crippen LogP contribution in [0.1, 0.15) is 21.7 Å². The van der Waals surface area contributed by atoms with Crippen molar-refractivity contribution in [3.63, 3.8) is 0 Å². The first-order chi connectivity index (χ1) is 17.2. The number of anilines is 1. The number of rotatable bonds is 6. The number of carbonyl (C=O) groups is 1. The van der Waals surface area contributed by atoms with Gasteiger partial charge < -0.3 is 25.1 Å². The number of nitrogens with two attached hydrogens (primary N) is 1. The van der Waals surface area contributed by atoms with E-state index < -0.39 is 5.91 Å². The van der Waals surface area contributed by atoms with Gasteiger partial charge in [0.25, 0.3) is 5.91 Å². The summed E-state index contributed by atoms with van der Waals surface area (Å²) in [6.07, 6.45) is 0.824. The second-order valence-electron chi connectivity index (χ2n) is 8.41. The van der Waals surface area contributed by atoms with Crippen molar-refractivity contribution in [3.05, 3.63) is 89.7 Å². The quantitative estimate of drug-likeness (QED) is 0.392. The van der Waals surface area contributed by atoms with E-state index in [1.807, 2.05) is 60.7 Å². The first-order valence-corrected chi connectivity index (χ1v) is 11.4. The van der Waals surface area contributed by atoms with Gasteiger partial charge in [0.15, 0.2) is 11.5 Å². The summed E-state index contributed by atoms with van der Waals surface area (Å²) in [6, 6.07) is 23.8. The molecule has 8 nitrogen and oxygen atoms in total. The number of hydrogen-bond donors (Lipinski definition) is 2. The molecule has 174 valence electrons. The molecular weight excluding hydrogens is 442 g/mol. The normalized spacial score (nSPS) is 12.3. The summed E-state index contributed by atoms with van der Waals surface area (Å²) >= 11 is 0. The number of ether oxygens (including phenoxy) is 2. The summed E-state index contributed by atoms with van der Waals surface area (Å²) in [6.45, 7) is 1.20. The van der Waals surface area contributed by atoms with E-state index in [0.717, 1.165) is 28.3 Å². The summed E-state index contributed by atoms with van der Waals surface area (Å²) in [4.78, 5) is 22.0. The summed E-state index contributed by atoms with van der Waals surface area (Å²) < 4.78 is 12.9. The molecule has 0 saturated carbocycles. The highest BCUT2D eigenvalue weighted by Gasteiger charge is 2.20. The monoisotopic (exact) mass is 465 g/mol. The third kappa shape index (κ3) is 3.89. The van der Waals surface area contributed by atoms with Crippen molar-refractivity contribution < 1.29 is 14.3 Å². The number of benzene rings is 3. The molecule has 0 bridgehead atoms. The first-order valence-electron chi connectivity index (χ1n) is 11.4. The van der Waals surface area contributed by atoms with Crippen molar-refractivity contribution in [3.8, 4) is 11.5 Å². The molecule has 2 aromatic heterocycles. The van der Waals surface area contributed by atoms with Gasteiger partial charge in [0.1, 0.15) is 11.5 Å². The number of nitrogens with one attached hydrogen (secondary N) is 1. The standard InChI is InChI=1S/C27H23N5O3/c28-24-23-19-8-4-5-9-20(19)32(13-12-17-6-2-1-3-7-17)26(23)31-25(30-24)27(33)29-15-18-10-11-21-22(14-18)35-16-34-21/h1-11,14H,12-13,15-16H2,(H,29,33)(H2,28,30,31). The van der Waals surface area contributed by atoms with E-state index in [9.17, 15) is 4.79 Å². The third-order valence-corrected chi connectivity index (χ3v) is 6.20. The highest BCUT2D eigenvalue weighted by atomic mass is 16.7. The number of fused-ring (bicyclic) bond motifs is 4. The van der Waals surface area contributed by atoms with Gasteiger partial charge in [-0.15, -0.1) is 0 Å². The molecule has 3 N–H and O–H groups in total. The van der Waals surface area contributed by atoms with Crippen LogP contribution in [0.3, 0.4) is 0 Å². The predicted molar refractivity (Wildman–Crippen MR) is 133 cm³/mol. The molecule has 0 aliphatic carbocycles. The Morgan fingerprint density at radius 2 is 1.74 bits per heavy atom. The van der Waals surface area contributed by atoms with E-state index in [-0.39, 0.29) is 18.4 Å². The van der Waals surface area contributed by atoms with E-state index in [0.29, 0.717) is 30.2 Å².